The van der Waals surface area contributed by atoms with Gasteiger partial charge < -0.3 is 25.2 Å². The summed E-state index contributed by atoms with van der Waals surface area (Å²) in [6.07, 6.45) is 4.61. The van der Waals surface area contributed by atoms with Crippen LogP contribution in [0.25, 0.3) is 0 Å². The fraction of sp³-hybridized carbons (Fsp3) is 0.458. The van der Waals surface area contributed by atoms with Crippen molar-refractivity contribution in [1.82, 2.24) is 14.9 Å². The third kappa shape index (κ3) is 13.2. The molecule has 2 aromatic heterocycles. The van der Waals surface area contributed by atoms with Crippen LogP contribution in [0.15, 0.2) is 48.9 Å². The van der Waals surface area contributed by atoms with Crippen LogP contribution in [0.4, 0.5) is 0 Å². The molecule has 2 heterocycles. The summed E-state index contributed by atoms with van der Waals surface area (Å²) < 4.78 is 5.64. The quantitative estimate of drug-likeness (QED) is 0.285. The summed E-state index contributed by atoms with van der Waals surface area (Å²) in [5.41, 5.74) is -0.420. The van der Waals surface area contributed by atoms with E-state index in [0.29, 0.717) is 6.10 Å². The van der Waals surface area contributed by atoms with Crippen LogP contribution >= 0.6 is 0 Å². The molecule has 11 nitrogen and oxygen atoms in total. The molecule has 0 spiro atoms. The van der Waals surface area contributed by atoms with Crippen LogP contribution in [0.3, 0.4) is 0 Å². The monoisotopic (exact) mass is 491 g/mol. The Balaban J connectivity index is 0.000000405. The molecule has 0 aliphatic heterocycles. The topological polar surface area (TPSA) is 170 Å². The molecule has 0 radical (unpaired) electrons. The van der Waals surface area contributed by atoms with Crippen molar-refractivity contribution in [2.24, 2.45) is 0 Å². The third-order valence-electron chi connectivity index (χ3n) is 4.60. The molecule has 0 aliphatic carbocycles. The van der Waals surface area contributed by atoms with Crippen LogP contribution in [0.5, 0.6) is 0 Å². The molecule has 0 saturated carbocycles. The Hall–Kier alpha value is -3.41. The predicted molar refractivity (Wildman–Crippen MR) is 125 cm³/mol. The molecule has 0 saturated heterocycles. The Morgan fingerprint density at radius 1 is 1.00 bits per heavy atom. The predicted octanol–water partition coefficient (Wildman–Crippen LogP) is 2.05. The molecule has 0 amide bonds. The Bertz CT molecular complexity index is 852. The normalized spacial score (nSPS) is 11.1. The summed E-state index contributed by atoms with van der Waals surface area (Å²) >= 11 is 0. The number of hydrogen-bond acceptors (Lipinski definition) is 8. The van der Waals surface area contributed by atoms with Crippen LogP contribution < -0.4 is 0 Å². The van der Waals surface area contributed by atoms with E-state index in [-0.39, 0.29) is 0 Å². The highest BCUT2D eigenvalue weighted by atomic mass is 16.5. The van der Waals surface area contributed by atoms with Gasteiger partial charge in [0.05, 0.1) is 24.6 Å². The Morgan fingerprint density at radius 3 is 2.17 bits per heavy atom. The van der Waals surface area contributed by atoms with E-state index in [1.54, 1.807) is 0 Å². The second-order valence-corrected chi connectivity index (χ2v) is 8.14. The van der Waals surface area contributed by atoms with E-state index in [1.165, 1.54) is 5.56 Å². The Labute approximate surface area is 204 Å². The van der Waals surface area contributed by atoms with Crippen molar-refractivity contribution in [3.63, 3.8) is 0 Å². The van der Waals surface area contributed by atoms with Crippen molar-refractivity contribution in [3.8, 4) is 0 Å². The number of aliphatic hydroxyl groups is 1. The number of carboxylic acid groups (broad SMARTS) is 3. The maximum absolute atomic E-state index is 10.3. The Kier molecular flexibility index (Phi) is 13.1. The van der Waals surface area contributed by atoms with Gasteiger partial charge in [-0.1, -0.05) is 12.1 Å². The average molecular weight is 492 g/mol. The summed E-state index contributed by atoms with van der Waals surface area (Å²) in [7, 11) is 0. The lowest BCUT2D eigenvalue weighted by molar-refractivity contribution is -0.170. The van der Waals surface area contributed by atoms with Crippen LogP contribution in [0, 0.1) is 0 Å². The summed E-state index contributed by atoms with van der Waals surface area (Å²) in [6, 6.07) is 10.2. The number of pyridine rings is 2. The van der Waals surface area contributed by atoms with Crippen molar-refractivity contribution >= 4 is 17.9 Å². The van der Waals surface area contributed by atoms with Crippen LogP contribution in [0.1, 0.15) is 44.4 Å². The number of hydrogen-bond donors (Lipinski definition) is 4. The van der Waals surface area contributed by atoms with Gasteiger partial charge in [-0.3, -0.25) is 24.5 Å². The minimum atomic E-state index is -2.74. The standard InChI is InChI=1S/C18H25N3O.C6H8O7/c1-16(2)22-12-6-11-21(14-17-7-5-9-19-13-17)15-18-8-3-4-10-20-18;7-3(8)1-6(13,5(11)12)2-4(9)10/h3-5,7-10,13,16H,6,11-12,14-15H2,1-2H3;13H,1-2H2,(H,7,8)(H,9,10)(H,11,12). The molecule has 0 aliphatic rings. The highest BCUT2D eigenvalue weighted by molar-refractivity contribution is 5.88. The number of ether oxygens (including phenoxy) is 1. The summed E-state index contributed by atoms with van der Waals surface area (Å²) in [5, 5.41) is 33.8. The van der Waals surface area contributed by atoms with E-state index in [0.717, 1.165) is 38.4 Å². The molecule has 2 aromatic rings. The zero-order chi connectivity index (χ0) is 26.3. The largest absolute Gasteiger partial charge is 0.481 e. The fourth-order valence-electron chi connectivity index (χ4n) is 3.01. The zero-order valence-corrected chi connectivity index (χ0v) is 19.9. The van der Waals surface area contributed by atoms with Gasteiger partial charge in [0, 0.05) is 44.8 Å². The van der Waals surface area contributed by atoms with E-state index in [9.17, 15) is 14.4 Å². The highest BCUT2D eigenvalue weighted by Gasteiger charge is 2.40. The molecule has 0 aromatic carbocycles. The second kappa shape index (κ2) is 15.5. The van der Waals surface area contributed by atoms with Gasteiger partial charge in [0.15, 0.2) is 5.60 Å². The van der Waals surface area contributed by atoms with Gasteiger partial charge in [0.2, 0.25) is 0 Å². The molecule has 2 rings (SSSR count). The van der Waals surface area contributed by atoms with E-state index in [1.807, 2.05) is 36.8 Å². The smallest absolute Gasteiger partial charge is 0.336 e. The first-order valence-corrected chi connectivity index (χ1v) is 11.0. The lowest BCUT2D eigenvalue weighted by Crippen LogP contribution is -2.42. The molecular formula is C24H33N3O8. The van der Waals surface area contributed by atoms with E-state index in [2.05, 4.69) is 40.8 Å². The molecule has 0 fully saturated rings. The Morgan fingerprint density at radius 2 is 1.69 bits per heavy atom. The van der Waals surface area contributed by atoms with Crippen molar-refractivity contribution in [2.45, 2.75) is 57.9 Å². The van der Waals surface area contributed by atoms with Gasteiger partial charge in [-0.15, -0.1) is 0 Å². The van der Waals surface area contributed by atoms with E-state index in [4.69, 9.17) is 25.2 Å². The summed E-state index contributed by atoms with van der Waals surface area (Å²) in [4.78, 5) is 41.5. The highest BCUT2D eigenvalue weighted by Crippen LogP contribution is 2.15. The van der Waals surface area contributed by atoms with Crippen molar-refractivity contribution in [2.75, 3.05) is 13.2 Å². The molecule has 0 bridgehead atoms. The van der Waals surface area contributed by atoms with Gasteiger partial charge in [-0.05, 0) is 44.0 Å². The number of carboxylic acids is 3. The summed E-state index contributed by atoms with van der Waals surface area (Å²) in [5.74, 6) is -5.02. The lowest BCUT2D eigenvalue weighted by atomic mass is 9.96. The van der Waals surface area contributed by atoms with Crippen molar-refractivity contribution in [1.29, 1.82) is 0 Å². The van der Waals surface area contributed by atoms with E-state index < -0.39 is 36.4 Å². The van der Waals surface area contributed by atoms with Crippen molar-refractivity contribution < 1.29 is 39.5 Å². The SMILES string of the molecule is CC(C)OCCCN(Cc1cccnc1)Cc1ccccn1.O=C(O)CC(O)(CC(=O)O)C(=O)O. The minimum Gasteiger partial charge on any atom is -0.481 e. The van der Waals surface area contributed by atoms with Gasteiger partial charge in [0.25, 0.3) is 0 Å². The number of aliphatic carboxylic acids is 3. The van der Waals surface area contributed by atoms with Gasteiger partial charge in [-0.2, -0.15) is 0 Å². The molecule has 192 valence electrons. The second-order valence-electron chi connectivity index (χ2n) is 8.14. The molecule has 11 heteroatoms. The maximum Gasteiger partial charge on any atom is 0.336 e. The van der Waals surface area contributed by atoms with Crippen LogP contribution in [0.2, 0.25) is 0 Å². The molecule has 0 atom stereocenters. The first-order chi connectivity index (χ1) is 16.5. The van der Waals surface area contributed by atoms with Crippen molar-refractivity contribution in [3.05, 3.63) is 60.2 Å². The lowest BCUT2D eigenvalue weighted by Gasteiger charge is -2.22. The first-order valence-electron chi connectivity index (χ1n) is 11.0. The summed E-state index contributed by atoms with van der Waals surface area (Å²) in [6.45, 7) is 7.65. The van der Waals surface area contributed by atoms with Crippen LogP contribution in [-0.2, 0) is 32.2 Å². The fourth-order valence-corrected chi connectivity index (χ4v) is 3.01. The van der Waals surface area contributed by atoms with Gasteiger partial charge in [0.1, 0.15) is 0 Å². The van der Waals surface area contributed by atoms with Gasteiger partial charge >= 0.3 is 17.9 Å². The number of nitrogens with zero attached hydrogens (tertiary/aromatic N) is 3. The van der Waals surface area contributed by atoms with E-state index >= 15 is 0 Å². The number of carbonyl (C=O) groups is 3. The third-order valence-corrected chi connectivity index (χ3v) is 4.60. The maximum atomic E-state index is 10.3. The molecule has 35 heavy (non-hydrogen) atoms. The minimum absolute atomic E-state index is 0.294. The number of aromatic nitrogens is 2. The molecular weight excluding hydrogens is 458 g/mol. The van der Waals surface area contributed by atoms with Crippen LogP contribution in [-0.4, -0.2) is 78.1 Å². The molecule has 0 unspecified atom stereocenters. The zero-order valence-electron chi connectivity index (χ0n) is 19.9. The number of rotatable bonds is 14. The molecule has 4 N–H and O–H groups in total. The first kappa shape index (κ1) is 29.6. The average Bonchev–Trinajstić information content (AvgIpc) is 2.77. The van der Waals surface area contributed by atoms with Gasteiger partial charge in [-0.25, -0.2) is 4.79 Å².